The van der Waals surface area contributed by atoms with Crippen molar-refractivity contribution in [2.75, 3.05) is 0 Å². The van der Waals surface area contributed by atoms with Gasteiger partial charge in [0.15, 0.2) is 0 Å². The predicted molar refractivity (Wildman–Crippen MR) is 59.7 cm³/mol. The molecule has 0 radical (unpaired) electrons. The number of fused-ring (bicyclic) bond motifs is 1. The summed E-state index contributed by atoms with van der Waals surface area (Å²) in [6, 6.07) is 8.35. The van der Waals surface area contributed by atoms with Crippen LogP contribution in [-0.4, -0.2) is 0 Å². The zero-order chi connectivity index (χ0) is 9.84. The molecular weight excluding hydrogens is 156 g/mol. The lowest BCUT2D eigenvalue weighted by molar-refractivity contribution is 1.28. The van der Waals surface area contributed by atoms with Gasteiger partial charge in [-0.1, -0.05) is 51.3 Å². The van der Waals surface area contributed by atoms with E-state index in [4.69, 9.17) is 0 Å². The number of rotatable bonds is 0. The second kappa shape index (κ2) is 4.08. The first kappa shape index (κ1) is 9.79. The highest BCUT2D eigenvalue weighted by Crippen LogP contribution is 2.33. The summed E-state index contributed by atoms with van der Waals surface area (Å²) in [5, 5.41) is 0. The zero-order valence-corrected chi connectivity index (χ0v) is 8.43. The van der Waals surface area contributed by atoms with Gasteiger partial charge >= 0.3 is 0 Å². The topological polar surface area (TPSA) is 0 Å². The maximum absolute atomic E-state index is 3.98. The van der Waals surface area contributed by atoms with Crippen molar-refractivity contribution < 1.29 is 0 Å². The molecule has 0 saturated heterocycles. The van der Waals surface area contributed by atoms with Crippen molar-refractivity contribution in [3.63, 3.8) is 0 Å². The highest BCUT2D eigenvalue weighted by atomic mass is 14.2. The Balaban J connectivity index is 0.000000396. The van der Waals surface area contributed by atoms with E-state index >= 15 is 0 Å². The summed E-state index contributed by atoms with van der Waals surface area (Å²) in [6.07, 6.45) is 0.981. The number of allylic oxidation sites excluding steroid dienone is 2. The fourth-order valence-electron chi connectivity index (χ4n) is 1.50. The summed E-state index contributed by atoms with van der Waals surface area (Å²) >= 11 is 0. The van der Waals surface area contributed by atoms with Gasteiger partial charge in [0.05, 0.1) is 0 Å². The van der Waals surface area contributed by atoms with E-state index in [9.17, 15) is 0 Å². The van der Waals surface area contributed by atoms with Gasteiger partial charge in [0, 0.05) is 0 Å². The van der Waals surface area contributed by atoms with Gasteiger partial charge in [-0.15, -0.1) is 0 Å². The Bertz CT molecular complexity index is 332. The smallest absolute Gasteiger partial charge is 0.00196 e. The average Bonchev–Trinajstić information content (AvgIpc) is 2.47. The quantitative estimate of drug-likeness (QED) is 0.557. The minimum Gasteiger partial charge on any atom is -0.0949 e. The summed E-state index contributed by atoms with van der Waals surface area (Å²) in [4.78, 5) is 0. The Morgan fingerprint density at radius 2 is 1.69 bits per heavy atom. The Morgan fingerprint density at radius 3 is 2.31 bits per heavy atom. The summed E-state index contributed by atoms with van der Waals surface area (Å²) in [6.45, 7) is 11.9. The molecule has 1 aliphatic rings. The minimum absolute atomic E-state index is 0.981. The summed E-state index contributed by atoms with van der Waals surface area (Å²) in [7, 11) is 0. The van der Waals surface area contributed by atoms with E-state index in [2.05, 4.69) is 31.4 Å². The molecule has 1 aromatic rings. The molecule has 0 atom stereocenters. The van der Waals surface area contributed by atoms with Crippen LogP contribution in [0.1, 0.15) is 25.0 Å². The van der Waals surface area contributed by atoms with Crippen LogP contribution in [0.4, 0.5) is 0 Å². The molecule has 0 fully saturated rings. The van der Waals surface area contributed by atoms with Gasteiger partial charge in [-0.25, -0.2) is 0 Å². The molecule has 0 unspecified atom stereocenters. The fraction of sp³-hybridized carbons (Fsp3) is 0.231. The fourth-order valence-corrected chi connectivity index (χ4v) is 1.50. The third-order valence-corrected chi connectivity index (χ3v) is 2.17. The van der Waals surface area contributed by atoms with Crippen LogP contribution in [0.25, 0.3) is 5.57 Å². The van der Waals surface area contributed by atoms with Crippen LogP contribution in [0.2, 0.25) is 0 Å². The van der Waals surface area contributed by atoms with Crippen molar-refractivity contribution in [3.05, 3.63) is 54.1 Å². The highest BCUT2D eigenvalue weighted by Gasteiger charge is 2.15. The molecule has 1 aromatic carbocycles. The van der Waals surface area contributed by atoms with Crippen molar-refractivity contribution in [2.24, 2.45) is 0 Å². The van der Waals surface area contributed by atoms with Crippen LogP contribution in [0.15, 0.2) is 43.0 Å². The summed E-state index contributed by atoms with van der Waals surface area (Å²) in [5.74, 6) is 0. The Hall–Kier alpha value is -1.30. The van der Waals surface area contributed by atoms with E-state index < -0.39 is 0 Å². The largest absolute Gasteiger partial charge is 0.0949 e. The van der Waals surface area contributed by atoms with Gasteiger partial charge in [-0.3, -0.25) is 0 Å². The van der Waals surface area contributed by atoms with E-state index in [0.29, 0.717) is 0 Å². The maximum atomic E-state index is 3.98. The molecule has 0 amide bonds. The van der Waals surface area contributed by atoms with Crippen molar-refractivity contribution >= 4 is 5.57 Å². The first-order chi connectivity index (χ1) is 6.29. The van der Waals surface area contributed by atoms with Crippen LogP contribution >= 0.6 is 0 Å². The monoisotopic (exact) mass is 172 g/mol. The van der Waals surface area contributed by atoms with E-state index in [-0.39, 0.29) is 0 Å². The molecule has 0 nitrogen and oxygen atoms in total. The minimum atomic E-state index is 0.981. The Morgan fingerprint density at radius 1 is 1.08 bits per heavy atom. The van der Waals surface area contributed by atoms with Crippen molar-refractivity contribution in [1.29, 1.82) is 0 Å². The average molecular weight is 172 g/mol. The normalized spacial score (nSPS) is 13.4. The van der Waals surface area contributed by atoms with Gasteiger partial charge in [-0.2, -0.15) is 0 Å². The van der Waals surface area contributed by atoms with Crippen LogP contribution in [-0.2, 0) is 6.42 Å². The molecule has 0 aromatic heterocycles. The van der Waals surface area contributed by atoms with E-state index in [1.54, 1.807) is 0 Å². The van der Waals surface area contributed by atoms with E-state index in [1.807, 2.05) is 19.9 Å². The third kappa shape index (κ3) is 1.72. The van der Waals surface area contributed by atoms with Crippen LogP contribution < -0.4 is 0 Å². The Kier molecular flexibility index (Phi) is 3.07. The SMILES string of the molecule is C=C1Cc2ccccc2C1=C.CC. The van der Waals surface area contributed by atoms with E-state index in [0.717, 1.165) is 17.6 Å². The van der Waals surface area contributed by atoms with Crippen molar-refractivity contribution in [2.45, 2.75) is 20.3 Å². The first-order valence-corrected chi connectivity index (χ1v) is 4.74. The molecule has 0 heteroatoms. The predicted octanol–water partition coefficient (Wildman–Crippen LogP) is 3.84. The van der Waals surface area contributed by atoms with Crippen LogP contribution in [0, 0.1) is 0 Å². The van der Waals surface area contributed by atoms with Gasteiger partial charge in [0.25, 0.3) is 0 Å². The molecule has 0 spiro atoms. The number of hydrogen-bond acceptors (Lipinski definition) is 0. The lowest BCUT2D eigenvalue weighted by Crippen LogP contribution is -1.76. The highest BCUT2D eigenvalue weighted by molar-refractivity contribution is 5.83. The molecule has 0 saturated carbocycles. The first-order valence-electron chi connectivity index (χ1n) is 4.74. The molecule has 1 aliphatic carbocycles. The second-order valence-electron chi connectivity index (χ2n) is 2.92. The number of benzene rings is 1. The van der Waals surface area contributed by atoms with E-state index in [1.165, 1.54) is 11.1 Å². The molecular formula is C13H16. The summed E-state index contributed by atoms with van der Waals surface area (Å²) < 4.78 is 0. The standard InChI is InChI=1S/C11H10.C2H6/c1-8-7-10-5-3-4-6-11(10)9(8)2;1-2/h3-6H,1-2,7H2;1-2H3. The van der Waals surface area contributed by atoms with Gasteiger partial charge in [-0.05, 0) is 28.7 Å². The molecule has 0 aliphatic heterocycles. The van der Waals surface area contributed by atoms with Gasteiger partial charge < -0.3 is 0 Å². The second-order valence-corrected chi connectivity index (χ2v) is 2.92. The third-order valence-electron chi connectivity index (χ3n) is 2.17. The molecule has 0 bridgehead atoms. The zero-order valence-electron chi connectivity index (χ0n) is 8.43. The van der Waals surface area contributed by atoms with Crippen molar-refractivity contribution in [3.8, 4) is 0 Å². The van der Waals surface area contributed by atoms with Gasteiger partial charge in [0.1, 0.15) is 0 Å². The molecule has 0 N–H and O–H groups in total. The number of hydrogen-bond donors (Lipinski definition) is 0. The lowest BCUT2D eigenvalue weighted by Gasteiger charge is -1.95. The maximum Gasteiger partial charge on any atom is -0.00196 e. The summed E-state index contributed by atoms with van der Waals surface area (Å²) in [5.41, 5.74) is 4.91. The molecule has 68 valence electrons. The Labute approximate surface area is 80.6 Å². The lowest BCUT2D eigenvalue weighted by atomic mass is 10.1. The molecule has 0 heterocycles. The molecule has 2 rings (SSSR count). The van der Waals surface area contributed by atoms with Crippen molar-refractivity contribution in [1.82, 2.24) is 0 Å². The van der Waals surface area contributed by atoms with Crippen LogP contribution in [0.5, 0.6) is 0 Å². The molecule has 13 heavy (non-hydrogen) atoms. The van der Waals surface area contributed by atoms with Gasteiger partial charge in [0.2, 0.25) is 0 Å². The van der Waals surface area contributed by atoms with Crippen LogP contribution in [0.3, 0.4) is 0 Å².